The van der Waals surface area contributed by atoms with Gasteiger partial charge in [0.1, 0.15) is 6.10 Å². The van der Waals surface area contributed by atoms with Crippen molar-refractivity contribution >= 4 is 34.2 Å². The lowest BCUT2D eigenvalue weighted by Crippen LogP contribution is -2.42. The number of carbonyl (C=O) groups excluding carboxylic acids is 1. The SMILES string of the molecule is O=C1OC(CN2CCCC2)CC12CCN(c1ccnc3cc(Cl)ccc13)CC2. The van der Waals surface area contributed by atoms with E-state index in [-0.39, 0.29) is 17.5 Å². The maximum Gasteiger partial charge on any atom is 0.312 e. The number of benzene rings is 1. The lowest BCUT2D eigenvalue weighted by molar-refractivity contribution is -0.150. The number of likely N-dealkylation sites (tertiary alicyclic amines) is 1. The molecule has 3 fully saturated rings. The summed E-state index contributed by atoms with van der Waals surface area (Å²) in [6.45, 7) is 4.94. The third-order valence-corrected chi connectivity index (χ3v) is 6.96. The summed E-state index contributed by atoms with van der Waals surface area (Å²) in [4.78, 5) is 22.0. The van der Waals surface area contributed by atoms with Crippen LogP contribution in [0.4, 0.5) is 5.69 Å². The molecule has 1 unspecified atom stereocenters. The minimum Gasteiger partial charge on any atom is -0.461 e. The average molecular weight is 400 g/mol. The van der Waals surface area contributed by atoms with Gasteiger partial charge in [-0.1, -0.05) is 11.6 Å². The minimum absolute atomic E-state index is 0.0303. The predicted molar refractivity (Wildman–Crippen MR) is 111 cm³/mol. The van der Waals surface area contributed by atoms with Crippen LogP contribution in [0.3, 0.4) is 0 Å². The number of nitrogens with zero attached hydrogens (tertiary/aromatic N) is 3. The van der Waals surface area contributed by atoms with Gasteiger partial charge in [-0.3, -0.25) is 14.7 Å². The zero-order valence-corrected chi connectivity index (χ0v) is 16.8. The first-order valence-electron chi connectivity index (χ1n) is 10.4. The number of pyridine rings is 1. The number of esters is 1. The van der Waals surface area contributed by atoms with Crippen LogP contribution in [0, 0.1) is 5.41 Å². The molecule has 3 aliphatic rings. The molecule has 0 saturated carbocycles. The molecule has 6 heteroatoms. The molecule has 0 bridgehead atoms. The number of aromatic nitrogens is 1. The molecule has 4 heterocycles. The lowest BCUT2D eigenvalue weighted by Gasteiger charge is -2.38. The molecule has 1 aromatic heterocycles. The monoisotopic (exact) mass is 399 g/mol. The van der Waals surface area contributed by atoms with Gasteiger partial charge in [0.2, 0.25) is 0 Å². The van der Waals surface area contributed by atoms with Crippen LogP contribution in [0.5, 0.6) is 0 Å². The zero-order valence-electron chi connectivity index (χ0n) is 16.1. The second-order valence-electron chi connectivity index (χ2n) is 8.50. The second kappa shape index (κ2) is 7.20. The van der Waals surface area contributed by atoms with E-state index in [2.05, 4.69) is 20.9 Å². The summed E-state index contributed by atoms with van der Waals surface area (Å²) in [5.74, 6) is 0.0303. The number of piperidine rings is 1. The Hall–Kier alpha value is -1.85. The molecule has 3 saturated heterocycles. The van der Waals surface area contributed by atoms with Crippen molar-refractivity contribution in [3.05, 3.63) is 35.5 Å². The predicted octanol–water partition coefficient (Wildman–Crippen LogP) is 3.89. The fourth-order valence-corrected chi connectivity index (χ4v) is 5.32. The molecular weight excluding hydrogens is 374 g/mol. The first-order chi connectivity index (χ1) is 13.6. The lowest BCUT2D eigenvalue weighted by atomic mass is 9.76. The van der Waals surface area contributed by atoms with Crippen molar-refractivity contribution in [3.8, 4) is 0 Å². The van der Waals surface area contributed by atoms with Crippen LogP contribution in [-0.4, -0.2) is 54.7 Å². The largest absolute Gasteiger partial charge is 0.461 e. The zero-order chi connectivity index (χ0) is 19.1. The van der Waals surface area contributed by atoms with E-state index < -0.39 is 0 Å². The average Bonchev–Trinajstić information content (AvgIpc) is 3.30. The normalized spacial score (nSPS) is 25.0. The van der Waals surface area contributed by atoms with Crippen molar-refractivity contribution in [2.45, 2.75) is 38.2 Å². The van der Waals surface area contributed by atoms with Gasteiger partial charge in [0, 0.05) is 48.3 Å². The van der Waals surface area contributed by atoms with E-state index >= 15 is 0 Å². The maximum atomic E-state index is 12.7. The first-order valence-corrected chi connectivity index (χ1v) is 10.7. The summed E-state index contributed by atoms with van der Waals surface area (Å²) in [5.41, 5.74) is 1.81. The van der Waals surface area contributed by atoms with Gasteiger partial charge in [-0.2, -0.15) is 0 Å². The molecule has 5 rings (SSSR count). The highest BCUT2D eigenvalue weighted by atomic mass is 35.5. The number of hydrogen-bond donors (Lipinski definition) is 0. The molecule has 2 aromatic rings. The van der Waals surface area contributed by atoms with Crippen LogP contribution in [0.1, 0.15) is 32.1 Å². The summed E-state index contributed by atoms with van der Waals surface area (Å²) in [6, 6.07) is 7.93. The van der Waals surface area contributed by atoms with Gasteiger partial charge in [-0.05, 0) is 63.0 Å². The van der Waals surface area contributed by atoms with E-state index in [0.717, 1.165) is 62.9 Å². The van der Waals surface area contributed by atoms with Gasteiger partial charge in [0.15, 0.2) is 0 Å². The number of anilines is 1. The highest BCUT2D eigenvalue weighted by molar-refractivity contribution is 6.31. The molecule has 1 spiro atoms. The van der Waals surface area contributed by atoms with Crippen molar-refractivity contribution in [1.82, 2.24) is 9.88 Å². The quantitative estimate of drug-likeness (QED) is 0.733. The molecule has 0 N–H and O–H groups in total. The Labute approximate surface area is 170 Å². The number of fused-ring (bicyclic) bond motifs is 1. The number of cyclic esters (lactones) is 1. The van der Waals surface area contributed by atoms with Gasteiger partial charge in [0.25, 0.3) is 0 Å². The van der Waals surface area contributed by atoms with E-state index in [1.807, 2.05) is 24.4 Å². The summed E-state index contributed by atoms with van der Waals surface area (Å²) in [5, 5.41) is 1.82. The van der Waals surface area contributed by atoms with Crippen molar-refractivity contribution in [2.24, 2.45) is 5.41 Å². The van der Waals surface area contributed by atoms with Crippen molar-refractivity contribution in [3.63, 3.8) is 0 Å². The summed E-state index contributed by atoms with van der Waals surface area (Å²) in [7, 11) is 0. The van der Waals surface area contributed by atoms with E-state index in [1.165, 1.54) is 18.5 Å². The summed E-state index contributed by atoms with van der Waals surface area (Å²) in [6.07, 6.45) is 7.05. The number of carbonyl (C=O) groups is 1. The highest BCUT2D eigenvalue weighted by Gasteiger charge is 2.50. The topological polar surface area (TPSA) is 45.7 Å². The Morgan fingerprint density at radius 3 is 2.71 bits per heavy atom. The van der Waals surface area contributed by atoms with Crippen LogP contribution >= 0.6 is 11.6 Å². The fraction of sp³-hybridized carbons (Fsp3) is 0.545. The molecule has 0 radical (unpaired) electrons. The molecule has 1 atom stereocenters. The first kappa shape index (κ1) is 18.2. The maximum absolute atomic E-state index is 12.7. The van der Waals surface area contributed by atoms with E-state index in [4.69, 9.17) is 16.3 Å². The smallest absolute Gasteiger partial charge is 0.312 e. The molecule has 0 aliphatic carbocycles. The Balaban J connectivity index is 1.29. The number of rotatable bonds is 3. The van der Waals surface area contributed by atoms with Gasteiger partial charge in [0.05, 0.1) is 10.9 Å². The van der Waals surface area contributed by atoms with Crippen LogP contribution in [0.2, 0.25) is 5.02 Å². The van der Waals surface area contributed by atoms with E-state index in [9.17, 15) is 4.79 Å². The molecular formula is C22H26ClN3O2. The van der Waals surface area contributed by atoms with Gasteiger partial charge in [-0.25, -0.2) is 0 Å². The van der Waals surface area contributed by atoms with Crippen molar-refractivity contribution in [1.29, 1.82) is 0 Å². The molecule has 5 nitrogen and oxygen atoms in total. The van der Waals surface area contributed by atoms with Gasteiger partial charge < -0.3 is 9.64 Å². The standard InChI is InChI=1S/C22H26ClN3O2/c23-16-3-4-18-19(13-16)24-8-5-20(18)26-11-6-22(7-12-26)14-17(28-21(22)27)15-25-9-1-2-10-25/h3-5,8,13,17H,1-2,6-7,9-12,14-15H2. The Bertz CT molecular complexity index is 888. The Kier molecular flexibility index (Phi) is 4.68. The number of hydrogen-bond acceptors (Lipinski definition) is 5. The Morgan fingerprint density at radius 1 is 1.14 bits per heavy atom. The molecule has 148 valence electrons. The van der Waals surface area contributed by atoms with Crippen molar-refractivity contribution < 1.29 is 9.53 Å². The number of halogens is 1. The van der Waals surface area contributed by atoms with Gasteiger partial charge >= 0.3 is 5.97 Å². The highest BCUT2D eigenvalue weighted by Crippen LogP contribution is 2.44. The van der Waals surface area contributed by atoms with Crippen LogP contribution in [-0.2, 0) is 9.53 Å². The molecule has 0 amide bonds. The fourth-order valence-electron chi connectivity index (χ4n) is 5.16. The number of ether oxygens (including phenoxy) is 1. The van der Waals surface area contributed by atoms with E-state index in [0.29, 0.717) is 5.02 Å². The van der Waals surface area contributed by atoms with Gasteiger partial charge in [-0.15, -0.1) is 0 Å². The third kappa shape index (κ3) is 3.25. The summed E-state index contributed by atoms with van der Waals surface area (Å²) >= 11 is 6.12. The molecule has 28 heavy (non-hydrogen) atoms. The summed E-state index contributed by atoms with van der Waals surface area (Å²) < 4.78 is 5.82. The van der Waals surface area contributed by atoms with Crippen LogP contribution < -0.4 is 4.90 Å². The molecule has 1 aromatic carbocycles. The molecule has 3 aliphatic heterocycles. The minimum atomic E-state index is -0.285. The van der Waals surface area contributed by atoms with E-state index in [1.54, 1.807) is 0 Å². The third-order valence-electron chi connectivity index (χ3n) is 6.73. The van der Waals surface area contributed by atoms with Crippen LogP contribution in [0.25, 0.3) is 10.9 Å². The Morgan fingerprint density at radius 2 is 1.93 bits per heavy atom. The second-order valence-corrected chi connectivity index (χ2v) is 8.93. The van der Waals surface area contributed by atoms with Crippen LogP contribution in [0.15, 0.2) is 30.5 Å². The van der Waals surface area contributed by atoms with Crippen molar-refractivity contribution in [2.75, 3.05) is 37.6 Å².